The van der Waals surface area contributed by atoms with Crippen LogP contribution in [0.5, 0.6) is 0 Å². The first-order valence-electron chi connectivity index (χ1n) is 4.04. The topological polar surface area (TPSA) is 81.4 Å². The molecule has 0 saturated heterocycles. The second-order valence-corrected chi connectivity index (χ2v) is 3.60. The van der Waals surface area contributed by atoms with Crippen LogP contribution in [0.1, 0.15) is 20.8 Å². The summed E-state index contributed by atoms with van der Waals surface area (Å²) in [6, 6.07) is 0. The maximum Gasteiger partial charge on any atom is 0.408 e. The van der Waals surface area contributed by atoms with Crippen LogP contribution in [0.3, 0.4) is 0 Å². The maximum atomic E-state index is 11.0. The predicted octanol–water partition coefficient (Wildman–Crippen LogP) is 0.0389. The van der Waals surface area contributed by atoms with Gasteiger partial charge in [-0.05, 0) is 20.8 Å². The molecular formula is C8H16N2O3. The quantitative estimate of drug-likeness (QED) is 0.655. The summed E-state index contributed by atoms with van der Waals surface area (Å²) in [6.07, 6.45) is -0.602. The Labute approximate surface area is 77.6 Å². The fourth-order valence-corrected chi connectivity index (χ4v) is 0.557. The van der Waals surface area contributed by atoms with Gasteiger partial charge in [-0.1, -0.05) is 0 Å². The Hall–Kier alpha value is -1.10. The van der Waals surface area contributed by atoms with Gasteiger partial charge in [0.25, 0.3) is 0 Å². The van der Waals surface area contributed by atoms with E-state index in [4.69, 9.17) is 10.5 Å². The molecule has 0 aliphatic carbocycles. The van der Waals surface area contributed by atoms with E-state index in [2.05, 4.69) is 5.32 Å². The van der Waals surface area contributed by atoms with Gasteiger partial charge in [-0.25, -0.2) is 4.79 Å². The van der Waals surface area contributed by atoms with E-state index in [1.807, 2.05) is 0 Å². The Morgan fingerprint density at radius 3 is 2.31 bits per heavy atom. The number of amides is 1. The molecule has 13 heavy (non-hydrogen) atoms. The molecule has 0 aliphatic heterocycles. The van der Waals surface area contributed by atoms with Crippen molar-refractivity contribution in [3.8, 4) is 0 Å². The van der Waals surface area contributed by atoms with Crippen LogP contribution in [0, 0.1) is 0 Å². The molecule has 0 unspecified atom stereocenters. The number of ketones is 1. The molecule has 5 nitrogen and oxygen atoms in total. The van der Waals surface area contributed by atoms with Crippen LogP contribution in [0.15, 0.2) is 0 Å². The fraction of sp³-hybridized carbons (Fsp3) is 0.750. The Morgan fingerprint density at radius 2 is 1.92 bits per heavy atom. The summed E-state index contributed by atoms with van der Waals surface area (Å²) in [5, 5.41) is 2.30. The average Bonchev–Trinajstić information content (AvgIpc) is 1.97. The van der Waals surface area contributed by atoms with Crippen molar-refractivity contribution in [3.63, 3.8) is 0 Å². The van der Waals surface area contributed by atoms with Crippen LogP contribution >= 0.6 is 0 Å². The normalized spacial score (nSPS) is 10.8. The summed E-state index contributed by atoms with van der Waals surface area (Å²) in [4.78, 5) is 21.6. The second-order valence-electron chi connectivity index (χ2n) is 3.60. The van der Waals surface area contributed by atoms with Crippen molar-refractivity contribution in [1.82, 2.24) is 5.32 Å². The molecule has 0 fully saturated rings. The first-order chi connectivity index (χ1) is 5.85. The molecule has 0 aromatic rings. The summed E-state index contributed by atoms with van der Waals surface area (Å²) in [6.45, 7) is 5.09. The van der Waals surface area contributed by atoms with E-state index in [0.29, 0.717) is 0 Å². The molecule has 0 spiro atoms. The van der Waals surface area contributed by atoms with E-state index in [1.54, 1.807) is 20.8 Å². The molecule has 0 aliphatic rings. The lowest BCUT2D eigenvalue weighted by molar-refractivity contribution is -0.117. The van der Waals surface area contributed by atoms with Gasteiger partial charge in [0.05, 0.1) is 13.1 Å². The van der Waals surface area contributed by atoms with Crippen LogP contribution in [0.4, 0.5) is 4.79 Å². The van der Waals surface area contributed by atoms with E-state index >= 15 is 0 Å². The molecule has 0 saturated carbocycles. The van der Waals surface area contributed by atoms with Crippen molar-refractivity contribution in [2.45, 2.75) is 26.4 Å². The van der Waals surface area contributed by atoms with Crippen molar-refractivity contribution >= 4 is 11.9 Å². The number of ether oxygens (including phenoxy) is 1. The molecule has 0 aromatic carbocycles. The Kier molecular flexibility index (Phi) is 4.40. The Bertz CT molecular complexity index is 196. The molecule has 3 N–H and O–H groups in total. The van der Waals surface area contributed by atoms with E-state index in [9.17, 15) is 9.59 Å². The summed E-state index contributed by atoms with van der Waals surface area (Å²) >= 11 is 0. The minimum Gasteiger partial charge on any atom is -0.444 e. The largest absolute Gasteiger partial charge is 0.444 e. The third-order valence-corrected chi connectivity index (χ3v) is 1.06. The zero-order chi connectivity index (χ0) is 10.5. The Morgan fingerprint density at radius 1 is 1.38 bits per heavy atom. The van der Waals surface area contributed by atoms with Crippen LogP contribution in [-0.2, 0) is 9.53 Å². The average molecular weight is 188 g/mol. The lowest BCUT2D eigenvalue weighted by Gasteiger charge is -2.19. The minimum atomic E-state index is -0.602. The number of rotatable bonds is 3. The molecule has 0 heterocycles. The molecular weight excluding hydrogens is 172 g/mol. The van der Waals surface area contributed by atoms with Gasteiger partial charge >= 0.3 is 6.09 Å². The lowest BCUT2D eigenvalue weighted by atomic mass is 10.2. The van der Waals surface area contributed by atoms with Gasteiger partial charge in [-0.15, -0.1) is 0 Å². The molecule has 1 amide bonds. The number of hydrogen-bond donors (Lipinski definition) is 2. The molecule has 5 heteroatoms. The molecule has 76 valence electrons. The van der Waals surface area contributed by atoms with Crippen LogP contribution < -0.4 is 11.1 Å². The van der Waals surface area contributed by atoms with Crippen molar-refractivity contribution in [2.75, 3.05) is 13.1 Å². The third kappa shape index (κ3) is 7.27. The maximum absolute atomic E-state index is 11.0. The zero-order valence-corrected chi connectivity index (χ0v) is 8.22. The smallest absolute Gasteiger partial charge is 0.408 e. The molecule has 0 bridgehead atoms. The fourth-order valence-electron chi connectivity index (χ4n) is 0.557. The van der Waals surface area contributed by atoms with E-state index < -0.39 is 11.7 Å². The van der Waals surface area contributed by atoms with Gasteiger partial charge < -0.3 is 15.8 Å². The highest BCUT2D eigenvalue weighted by molar-refractivity contribution is 5.85. The Balaban J connectivity index is 3.71. The van der Waals surface area contributed by atoms with E-state index in [-0.39, 0.29) is 18.9 Å². The van der Waals surface area contributed by atoms with Crippen molar-refractivity contribution in [2.24, 2.45) is 5.73 Å². The van der Waals surface area contributed by atoms with Crippen molar-refractivity contribution in [1.29, 1.82) is 0 Å². The van der Waals surface area contributed by atoms with Gasteiger partial charge in [-0.2, -0.15) is 0 Å². The third-order valence-electron chi connectivity index (χ3n) is 1.06. The zero-order valence-electron chi connectivity index (χ0n) is 8.22. The van der Waals surface area contributed by atoms with Crippen LogP contribution in [0.25, 0.3) is 0 Å². The number of hydrogen-bond acceptors (Lipinski definition) is 4. The predicted molar refractivity (Wildman–Crippen MR) is 48.3 cm³/mol. The van der Waals surface area contributed by atoms with Crippen LogP contribution in [-0.4, -0.2) is 30.6 Å². The first kappa shape index (κ1) is 11.9. The number of carbonyl (C=O) groups excluding carboxylic acids is 2. The summed E-state index contributed by atoms with van der Waals surface area (Å²) in [5.41, 5.74) is 4.50. The number of Topliss-reactive ketones (excluding diaryl/α,β-unsaturated/α-hetero) is 1. The van der Waals surface area contributed by atoms with Crippen LogP contribution in [0.2, 0.25) is 0 Å². The van der Waals surface area contributed by atoms with E-state index in [1.165, 1.54) is 0 Å². The summed E-state index contributed by atoms with van der Waals surface area (Å²) in [7, 11) is 0. The lowest BCUT2D eigenvalue weighted by Crippen LogP contribution is -2.37. The van der Waals surface area contributed by atoms with Gasteiger partial charge in [-0.3, -0.25) is 4.79 Å². The van der Waals surface area contributed by atoms with E-state index in [0.717, 1.165) is 0 Å². The number of carbonyl (C=O) groups is 2. The highest BCUT2D eigenvalue weighted by Crippen LogP contribution is 2.05. The second kappa shape index (κ2) is 4.81. The van der Waals surface area contributed by atoms with Gasteiger partial charge in [0, 0.05) is 0 Å². The molecule has 0 radical (unpaired) electrons. The SMILES string of the molecule is CC(C)(C)OC(=O)NCC(=O)CN. The highest BCUT2D eigenvalue weighted by Gasteiger charge is 2.15. The van der Waals surface area contributed by atoms with Gasteiger partial charge in [0.15, 0.2) is 5.78 Å². The number of alkyl carbamates (subject to hydrolysis) is 1. The minimum absolute atomic E-state index is 0.0736. The van der Waals surface area contributed by atoms with Gasteiger partial charge in [0.1, 0.15) is 5.60 Å². The summed E-state index contributed by atoms with van der Waals surface area (Å²) in [5.74, 6) is -0.231. The first-order valence-corrected chi connectivity index (χ1v) is 4.04. The summed E-state index contributed by atoms with van der Waals surface area (Å²) < 4.78 is 4.89. The number of nitrogens with one attached hydrogen (secondary N) is 1. The number of nitrogens with two attached hydrogens (primary N) is 1. The van der Waals surface area contributed by atoms with Crippen molar-refractivity contribution in [3.05, 3.63) is 0 Å². The molecule has 0 aromatic heterocycles. The van der Waals surface area contributed by atoms with Crippen molar-refractivity contribution < 1.29 is 14.3 Å². The standard InChI is InChI=1S/C8H16N2O3/c1-8(2,3)13-7(12)10-5-6(11)4-9/h4-5,9H2,1-3H3,(H,10,12). The van der Waals surface area contributed by atoms with Gasteiger partial charge in [0.2, 0.25) is 0 Å². The molecule has 0 atom stereocenters. The molecule has 0 rings (SSSR count). The monoisotopic (exact) mass is 188 g/mol. The highest BCUT2D eigenvalue weighted by atomic mass is 16.6.